The van der Waals surface area contributed by atoms with Crippen LogP contribution in [0, 0.1) is 12.7 Å². The predicted molar refractivity (Wildman–Crippen MR) is 76.5 cm³/mol. The minimum absolute atomic E-state index is 0.0513. The molecule has 0 unspecified atom stereocenters. The zero-order valence-electron chi connectivity index (χ0n) is 12.1. The van der Waals surface area contributed by atoms with Crippen LogP contribution in [-0.2, 0) is 16.6 Å². The molecule has 1 N–H and O–H groups in total. The smallest absolute Gasteiger partial charge is 0.243 e. The number of benzene rings is 1. The van der Waals surface area contributed by atoms with Crippen molar-refractivity contribution in [2.75, 3.05) is 14.1 Å². The number of hydrogen-bond donors (Lipinski definition) is 1. The fourth-order valence-corrected chi connectivity index (χ4v) is 4.08. The topological polar surface area (TPSA) is 49.4 Å². The summed E-state index contributed by atoms with van der Waals surface area (Å²) < 4.78 is 40.6. The Bertz CT molecular complexity index is 597. The number of hydrogen-bond acceptors (Lipinski definition) is 3. The van der Waals surface area contributed by atoms with E-state index in [2.05, 4.69) is 5.32 Å². The van der Waals surface area contributed by atoms with Gasteiger partial charge in [0, 0.05) is 25.2 Å². The number of nitrogens with one attached hydrogen (secondary N) is 1. The zero-order chi connectivity index (χ0) is 14.9. The molecule has 0 bridgehead atoms. The van der Waals surface area contributed by atoms with Crippen molar-refractivity contribution in [3.05, 3.63) is 29.1 Å². The van der Waals surface area contributed by atoms with Gasteiger partial charge in [0.05, 0.1) is 4.90 Å². The summed E-state index contributed by atoms with van der Waals surface area (Å²) >= 11 is 0. The monoisotopic (exact) mass is 300 g/mol. The molecule has 1 aliphatic carbocycles. The molecule has 20 heavy (non-hydrogen) atoms. The molecule has 0 saturated heterocycles. The zero-order valence-corrected chi connectivity index (χ0v) is 12.9. The summed E-state index contributed by atoms with van der Waals surface area (Å²) in [6.07, 6.45) is 2.82. The van der Waals surface area contributed by atoms with E-state index in [1.807, 2.05) is 0 Å². The van der Waals surface area contributed by atoms with Crippen molar-refractivity contribution in [3.63, 3.8) is 0 Å². The van der Waals surface area contributed by atoms with E-state index in [1.54, 1.807) is 20.2 Å². The number of rotatable bonds is 5. The molecule has 1 aliphatic rings. The summed E-state index contributed by atoms with van der Waals surface area (Å²) in [6.45, 7) is 1.95. The van der Waals surface area contributed by atoms with E-state index in [9.17, 15) is 12.8 Å². The summed E-state index contributed by atoms with van der Waals surface area (Å²) in [7, 11) is -0.300. The lowest BCUT2D eigenvalue weighted by atomic mass is 9.94. The van der Waals surface area contributed by atoms with Gasteiger partial charge in [0.2, 0.25) is 10.0 Å². The highest BCUT2D eigenvalue weighted by molar-refractivity contribution is 7.89. The molecule has 4 nitrogen and oxygen atoms in total. The van der Waals surface area contributed by atoms with Gasteiger partial charge in [-0.2, -0.15) is 4.31 Å². The van der Waals surface area contributed by atoms with Gasteiger partial charge in [0.25, 0.3) is 0 Å². The van der Waals surface area contributed by atoms with Crippen LogP contribution in [0.2, 0.25) is 0 Å². The minimum Gasteiger partial charge on any atom is -0.316 e. The van der Waals surface area contributed by atoms with Crippen LogP contribution in [0.5, 0.6) is 0 Å². The summed E-state index contributed by atoms with van der Waals surface area (Å²) in [4.78, 5) is 0.0807. The number of halogens is 1. The minimum atomic E-state index is -3.63. The second-order valence-corrected chi connectivity index (χ2v) is 7.30. The molecule has 0 amide bonds. The SMILES string of the molecule is CNCc1cc(F)c(C)c(S(=O)(=O)N(C)C2CCC2)c1. The van der Waals surface area contributed by atoms with Gasteiger partial charge in [0.1, 0.15) is 5.82 Å². The largest absolute Gasteiger partial charge is 0.316 e. The van der Waals surface area contributed by atoms with Gasteiger partial charge < -0.3 is 5.32 Å². The molecule has 0 spiro atoms. The van der Waals surface area contributed by atoms with Crippen molar-refractivity contribution >= 4 is 10.0 Å². The Morgan fingerprint density at radius 2 is 2.05 bits per heavy atom. The van der Waals surface area contributed by atoms with Crippen LogP contribution in [0.3, 0.4) is 0 Å². The van der Waals surface area contributed by atoms with E-state index in [1.165, 1.54) is 17.3 Å². The van der Waals surface area contributed by atoms with Crippen molar-refractivity contribution in [3.8, 4) is 0 Å². The third kappa shape index (κ3) is 2.73. The molecule has 1 aromatic rings. The van der Waals surface area contributed by atoms with E-state index in [4.69, 9.17) is 0 Å². The van der Waals surface area contributed by atoms with E-state index < -0.39 is 15.8 Å². The average Bonchev–Trinajstić information content (AvgIpc) is 2.31. The first-order valence-electron chi connectivity index (χ1n) is 6.79. The molecule has 1 saturated carbocycles. The van der Waals surface area contributed by atoms with Crippen molar-refractivity contribution < 1.29 is 12.8 Å². The van der Waals surface area contributed by atoms with Crippen LogP contribution in [0.15, 0.2) is 17.0 Å². The molecule has 1 aromatic carbocycles. The molecule has 1 fully saturated rings. The van der Waals surface area contributed by atoms with Crippen LogP contribution < -0.4 is 5.32 Å². The van der Waals surface area contributed by atoms with Crippen LogP contribution in [0.1, 0.15) is 30.4 Å². The first-order valence-corrected chi connectivity index (χ1v) is 8.23. The fourth-order valence-electron chi connectivity index (χ4n) is 2.38. The molecule has 0 aliphatic heterocycles. The molecule has 0 aromatic heterocycles. The lowest BCUT2D eigenvalue weighted by Crippen LogP contribution is -2.41. The van der Waals surface area contributed by atoms with Crippen molar-refractivity contribution in [2.24, 2.45) is 0 Å². The Balaban J connectivity index is 2.44. The number of nitrogens with zero attached hydrogens (tertiary/aromatic N) is 1. The van der Waals surface area contributed by atoms with Gasteiger partial charge in [-0.25, -0.2) is 12.8 Å². The molecule has 0 atom stereocenters. The third-order valence-corrected chi connectivity index (χ3v) is 6.02. The van der Waals surface area contributed by atoms with Gasteiger partial charge >= 0.3 is 0 Å². The van der Waals surface area contributed by atoms with E-state index in [0.29, 0.717) is 12.1 Å². The quantitative estimate of drug-likeness (QED) is 0.905. The molecular weight excluding hydrogens is 279 g/mol. The molecule has 0 radical (unpaired) electrons. The average molecular weight is 300 g/mol. The van der Waals surface area contributed by atoms with Crippen molar-refractivity contribution in [2.45, 2.75) is 43.7 Å². The Labute approximate surface area is 120 Å². The van der Waals surface area contributed by atoms with Gasteiger partial charge in [-0.15, -0.1) is 0 Å². The third-order valence-electron chi connectivity index (χ3n) is 3.98. The maximum atomic E-state index is 13.9. The Morgan fingerprint density at radius 3 is 2.55 bits per heavy atom. The summed E-state index contributed by atoms with van der Waals surface area (Å²) in [5, 5.41) is 2.91. The normalized spacial score (nSPS) is 16.4. The lowest BCUT2D eigenvalue weighted by molar-refractivity contribution is 0.249. The first-order chi connectivity index (χ1) is 9.37. The van der Waals surface area contributed by atoms with Crippen LogP contribution in [0.25, 0.3) is 0 Å². The summed E-state index contributed by atoms with van der Waals surface area (Å²) in [5.74, 6) is -0.474. The van der Waals surface area contributed by atoms with Crippen molar-refractivity contribution in [1.29, 1.82) is 0 Å². The predicted octanol–water partition coefficient (Wildman–Crippen LogP) is 2.03. The van der Waals surface area contributed by atoms with Gasteiger partial charge in [-0.05, 0) is 44.5 Å². The Kier molecular flexibility index (Phi) is 4.46. The molecule has 112 valence electrons. The fraction of sp³-hybridized carbons (Fsp3) is 0.571. The second kappa shape index (κ2) is 5.79. The molecule has 0 heterocycles. The van der Waals surface area contributed by atoms with Crippen molar-refractivity contribution in [1.82, 2.24) is 9.62 Å². The summed E-state index contributed by atoms with van der Waals surface area (Å²) in [6, 6.07) is 3.00. The lowest BCUT2D eigenvalue weighted by Gasteiger charge is -2.34. The number of sulfonamides is 1. The highest BCUT2D eigenvalue weighted by Gasteiger charge is 2.33. The van der Waals surface area contributed by atoms with E-state index in [-0.39, 0.29) is 16.5 Å². The van der Waals surface area contributed by atoms with Crippen LogP contribution in [0.4, 0.5) is 4.39 Å². The molecule has 6 heteroatoms. The maximum absolute atomic E-state index is 13.9. The van der Waals surface area contributed by atoms with Gasteiger partial charge in [-0.1, -0.05) is 6.42 Å². The summed E-state index contributed by atoms with van der Waals surface area (Å²) in [5.41, 5.74) is 0.826. The van der Waals surface area contributed by atoms with Gasteiger partial charge in [0.15, 0.2) is 0 Å². The Hall–Kier alpha value is -0.980. The first kappa shape index (κ1) is 15.4. The maximum Gasteiger partial charge on any atom is 0.243 e. The highest BCUT2D eigenvalue weighted by atomic mass is 32.2. The Morgan fingerprint density at radius 1 is 1.40 bits per heavy atom. The molecule has 2 rings (SSSR count). The van der Waals surface area contributed by atoms with E-state index >= 15 is 0 Å². The highest BCUT2D eigenvalue weighted by Crippen LogP contribution is 2.30. The molecular formula is C14H21FN2O2S. The van der Waals surface area contributed by atoms with E-state index in [0.717, 1.165) is 19.3 Å². The van der Waals surface area contributed by atoms with Crippen LogP contribution >= 0.6 is 0 Å². The standard InChI is InChI=1S/C14H21FN2O2S/c1-10-13(15)7-11(9-16-2)8-14(10)20(18,19)17(3)12-5-4-6-12/h7-8,12,16H,4-6,9H2,1-3H3. The van der Waals surface area contributed by atoms with Crippen LogP contribution in [-0.4, -0.2) is 32.9 Å². The second-order valence-electron chi connectivity index (χ2n) is 5.34. The van der Waals surface area contributed by atoms with Gasteiger partial charge in [-0.3, -0.25) is 0 Å².